The Morgan fingerprint density at radius 1 is 0.917 bits per heavy atom. The van der Waals surface area contributed by atoms with Gasteiger partial charge in [0.1, 0.15) is 34.3 Å². The molecule has 0 spiro atoms. The molecule has 0 aliphatic carbocycles. The van der Waals surface area contributed by atoms with E-state index in [0.29, 0.717) is 29.0 Å². The standard InChI is InChI=1S/C28H25N7O/c29-15-22-25-26(35(17-20-9-3-1-4-10-20)27(22)33-13-7-2-8-14-33)28(36)34(19-31-25)18-24-30-16-21-11-5-6-12-23(21)32-24/h1,3-6,9-12,16,19H,2,7-8,13-14,17-18H2. The van der Waals surface area contributed by atoms with Crippen molar-refractivity contribution in [2.24, 2.45) is 0 Å². The van der Waals surface area contributed by atoms with E-state index < -0.39 is 0 Å². The minimum absolute atomic E-state index is 0.198. The lowest BCUT2D eigenvalue weighted by Crippen LogP contribution is -2.32. The van der Waals surface area contributed by atoms with E-state index in [9.17, 15) is 10.1 Å². The molecule has 0 N–H and O–H groups in total. The Kier molecular flexibility index (Phi) is 5.66. The van der Waals surface area contributed by atoms with Crippen LogP contribution < -0.4 is 10.5 Å². The summed E-state index contributed by atoms with van der Waals surface area (Å²) in [6.07, 6.45) is 6.59. The fourth-order valence-electron chi connectivity index (χ4n) is 5.06. The molecule has 0 atom stereocenters. The third kappa shape index (κ3) is 3.89. The van der Waals surface area contributed by atoms with E-state index in [4.69, 9.17) is 0 Å². The van der Waals surface area contributed by atoms with E-state index in [1.807, 2.05) is 59.2 Å². The average Bonchev–Trinajstić information content (AvgIpc) is 3.25. The van der Waals surface area contributed by atoms with Gasteiger partial charge in [-0.3, -0.25) is 9.36 Å². The predicted molar refractivity (Wildman–Crippen MR) is 139 cm³/mol. The second-order valence-corrected chi connectivity index (χ2v) is 9.15. The van der Waals surface area contributed by atoms with E-state index in [2.05, 4.69) is 25.9 Å². The van der Waals surface area contributed by atoms with Gasteiger partial charge in [-0.2, -0.15) is 5.26 Å². The molecule has 1 aliphatic rings. The van der Waals surface area contributed by atoms with Crippen molar-refractivity contribution < 1.29 is 0 Å². The number of nitrogens with zero attached hydrogens (tertiary/aromatic N) is 7. The highest BCUT2D eigenvalue weighted by atomic mass is 16.1. The van der Waals surface area contributed by atoms with Crippen molar-refractivity contribution in [3.8, 4) is 6.07 Å². The number of piperidine rings is 1. The van der Waals surface area contributed by atoms with Crippen LogP contribution in [0.2, 0.25) is 0 Å². The Labute approximate surface area is 208 Å². The number of hydrogen-bond acceptors (Lipinski definition) is 6. The summed E-state index contributed by atoms with van der Waals surface area (Å²) in [7, 11) is 0. The fourth-order valence-corrected chi connectivity index (χ4v) is 5.06. The fraction of sp³-hybridized carbons (Fsp3) is 0.250. The normalized spacial score (nSPS) is 13.8. The molecule has 3 aromatic heterocycles. The maximum Gasteiger partial charge on any atom is 0.278 e. The molecule has 0 saturated carbocycles. The van der Waals surface area contributed by atoms with Crippen molar-refractivity contribution in [2.45, 2.75) is 32.4 Å². The molecule has 0 radical (unpaired) electrons. The number of fused-ring (bicyclic) bond motifs is 2. The lowest BCUT2D eigenvalue weighted by molar-refractivity contribution is 0.564. The quantitative estimate of drug-likeness (QED) is 0.380. The van der Waals surface area contributed by atoms with E-state index in [1.54, 1.807) is 6.20 Å². The van der Waals surface area contributed by atoms with Crippen LogP contribution in [0.5, 0.6) is 0 Å². The van der Waals surface area contributed by atoms with E-state index >= 15 is 0 Å². The number of hydrogen-bond donors (Lipinski definition) is 0. The van der Waals surface area contributed by atoms with Crippen LogP contribution in [-0.4, -0.2) is 37.2 Å². The summed E-state index contributed by atoms with van der Waals surface area (Å²) in [5.74, 6) is 1.33. The third-order valence-corrected chi connectivity index (χ3v) is 6.80. The summed E-state index contributed by atoms with van der Waals surface area (Å²) in [4.78, 5) is 29.8. The zero-order valence-corrected chi connectivity index (χ0v) is 19.8. The van der Waals surface area contributed by atoms with Crippen LogP contribution in [0.3, 0.4) is 0 Å². The molecule has 0 amide bonds. The molecule has 1 fully saturated rings. The SMILES string of the molecule is N#Cc1c(N2CCCCC2)n(Cc2ccccc2)c2c(=O)n(Cc3ncc4ccccc4n3)cnc12. The van der Waals surface area contributed by atoms with Crippen molar-refractivity contribution in [1.29, 1.82) is 5.26 Å². The second kappa shape index (κ2) is 9.27. The highest BCUT2D eigenvalue weighted by Gasteiger charge is 2.27. The number of aromatic nitrogens is 5. The lowest BCUT2D eigenvalue weighted by Gasteiger charge is -2.30. The predicted octanol–water partition coefficient (Wildman–Crippen LogP) is 4.10. The highest BCUT2D eigenvalue weighted by Crippen LogP contribution is 2.32. The third-order valence-electron chi connectivity index (χ3n) is 6.80. The molecule has 1 aliphatic heterocycles. The molecule has 2 aromatic carbocycles. The zero-order chi connectivity index (χ0) is 24.5. The summed E-state index contributed by atoms with van der Waals surface area (Å²) in [6.45, 7) is 2.40. The van der Waals surface area contributed by atoms with Crippen molar-refractivity contribution in [2.75, 3.05) is 18.0 Å². The largest absolute Gasteiger partial charge is 0.357 e. The summed E-state index contributed by atoms with van der Waals surface area (Å²) in [5, 5.41) is 11.1. The molecule has 8 heteroatoms. The Hall–Kier alpha value is -4.51. The van der Waals surface area contributed by atoms with Crippen LogP contribution in [0.1, 0.15) is 36.2 Å². The van der Waals surface area contributed by atoms with Gasteiger partial charge in [-0.05, 0) is 30.9 Å². The van der Waals surface area contributed by atoms with Gasteiger partial charge < -0.3 is 9.47 Å². The highest BCUT2D eigenvalue weighted by molar-refractivity contribution is 5.89. The van der Waals surface area contributed by atoms with Gasteiger partial charge in [0.05, 0.1) is 18.4 Å². The lowest BCUT2D eigenvalue weighted by atomic mass is 10.1. The minimum Gasteiger partial charge on any atom is -0.357 e. The van der Waals surface area contributed by atoms with Gasteiger partial charge in [0, 0.05) is 31.2 Å². The van der Waals surface area contributed by atoms with Gasteiger partial charge in [-0.25, -0.2) is 15.0 Å². The zero-order valence-electron chi connectivity index (χ0n) is 19.8. The van der Waals surface area contributed by atoms with Crippen molar-refractivity contribution in [3.05, 3.63) is 94.4 Å². The Morgan fingerprint density at radius 3 is 2.50 bits per heavy atom. The maximum atomic E-state index is 13.9. The summed E-state index contributed by atoms with van der Waals surface area (Å²) >= 11 is 0. The topological polar surface area (TPSA) is 92.6 Å². The van der Waals surface area contributed by atoms with Crippen LogP contribution in [0.25, 0.3) is 21.9 Å². The first-order chi connectivity index (χ1) is 17.7. The molecule has 5 aromatic rings. The number of benzene rings is 2. The first-order valence-electron chi connectivity index (χ1n) is 12.2. The molecule has 0 bridgehead atoms. The maximum absolute atomic E-state index is 13.9. The van der Waals surface area contributed by atoms with E-state index in [1.165, 1.54) is 17.3 Å². The summed E-state index contributed by atoms with van der Waals surface area (Å²) in [5.41, 5.74) is 3.05. The van der Waals surface area contributed by atoms with Gasteiger partial charge in [0.25, 0.3) is 5.56 Å². The molecule has 6 rings (SSSR count). The molecular weight excluding hydrogens is 450 g/mol. The van der Waals surface area contributed by atoms with Crippen LogP contribution >= 0.6 is 0 Å². The van der Waals surface area contributed by atoms with Gasteiger partial charge in [0.2, 0.25) is 0 Å². The van der Waals surface area contributed by atoms with Gasteiger partial charge in [0.15, 0.2) is 0 Å². The molecule has 8 nitrogen and oxygen atoms in total. The molecular formula is C28H25N7O. The molecule has 178 valence electrons. The average molecular weight is 476 g/mol. The van der Waals surface area contributed by atoms with E-state index in [0.717, 1.165) is 48.2 Å². The molecule has 4 heterocycles. The van der Waals surface area contributed by atoms with Crippen LogP contribution in [0.4, 0.5) is 5.82 Å². The van der Waals surface area contributed by atoms with Gasteiger partial charge >= 0.3 is 0 Å². The van der Waals surface area contributed by atoms with Crippen molar-refractivity contribution >= 4 is 27.8 Å². The Morgan fingerprint density at radius 2 is 1.69 bits per heavy atom. The van der Waals surface area contributed by atoms with Gasteiger partial charge in [-0.1, -0.05) is 48.5 Å². The number of nitriles is 1. The Balaban J connectivity index is 1.51. The Bertz CT molecular complexity index is 1660. The van der Waals surface area contributed by atoms with Crippen LogP contribution in [0.15, 0.2) is 71.9 Å². The monoisotopic (exact) mass is 475 g/mol. The van der Waals surface area contributed by atoms with Crippen molar-refractivity contribution in [3.63, 3.8) is 0 Å². The smallest absolute Gasteiger partial charge is 0.278 e. The minimum atomic E-state index is -0.201. The second-order valence-electron chi connectivity index (χ2n) is 9.15. The summed E-state index contributed by atoms with van der Waals surface area (Å²) < 4.78 is 3.52. The number of para-hydroxylation sites is 1. The van der Waals surface area contributed by atoms with Crippen LogP contribution in [0, 0.1) is 11.3 Å². The number of anilines is 1. The molecule has 1 saturated heterocycles. The molecule has 0 unspecified atom stereocenters. The summed E-state index contributed by atoms with van der Waals surface area (Å²) in [6, 6.07) is 20.1. The first-order valence-corrected chi connectivity index (χ1v) is 12.2. The van der Waals surface area contributed by atoms with E-state index in [-0.39, 0.29) is 12.1 Å². The van der Waals surface area contributed by atoms with Gasteiger partial charge in [-0.15, -0.1) is 0 Å². The van der Waals surface area contributed by atoms with Crippen molar-refractivity contribution in [1.82, 2.24) is 24.1 Å². The number of rotatable bonds is 5. The molecule has 36 heavy (non-hydrogen) atoms. The van der Waals surface area contributed by atoms with Crippen LogP contribution in [-0.2, 0) is 13.1 Å². The first kappa shape index (κ1) is 22.0.